The summed E-state index contributed by atoms with van der Waals surface area (Å²) in [4.78, 5) is 16.1. The third-order valence-electron chi connectivity index (χ3n) is 2.72. The molecule has 0 saturated heterocycles. The lowest BCUT2D eigenvalue weighted by molar-refractivity contribution is 0.102. The average molecular weight is 271 g/mol. The molecule has 1 aromatic heterocycles. The highest BCUT2D eigenvalue weighted by Crippen LogP contribution is 2.14. The molecule has 0 unspecified atom stereocenters. The highest BCUT2D eigenvalue weighted by Gasteiger charge is 2.06. The Kier molecular flexibility index (Phi) is 4.55. The zero-order chi connectivity index (χ0) is 14.4. The number of carbonyl (C=O) groups is 1. The summed E-state index contributed by atoms with van der Waals surface area (Å²) >= 11 is 0. The first-order valence-corrected chi connectivity index (χ1v) is 6.41. The first-order valence-electron chi connectivity index (χ1n) is 6.41. The van der Waals surface area contributed by atoms with Crippen LogP contribution in [-0.4, -0.2) is 24.5 Å². The van der Waals surface area contributed by atoms with Gasteiger partial charge in [-0.15, -0.1) is 0 Å². The molecule has 20 heavy (non-hydrogen) atoms. The molecule has 0 atom stereocenters. The molecule has 1 heterocycles. The Hall–Kier alpha value is -2.56. The normalized spacial score (nSPS) is 9.90. The Morgan fingerprint density at radius 2 is 1.85 bits per heavy atom. The molecule has 5 nitrogen and oxygen atoms in total. The van der Waals surface area contributed by atoms with Gasteiger partial charge in [0.2, 0.25) is 5.88 Å². The number of amides is 1. The number of aromatic nitrogens is 1. The van der Waals surface area contributed by atoms with Gasteiger partial charge in [0.15, 0.2) is 0 Å². The molecule has 0 fully saturated rings. The van der Waals surface area contributed by atoms with Crippen molar-refractivity contribution in [1.82, 2.24) is 4.98 Å². The van der Waals surface area contributed by atoms with Gasteiger partial charge in [0.25, 0.3) is 5.91 Å². The molecule has 0 radical (unpaired) electrons. The van der Waals surface area contributed by atoms with E-state index >= 15 is 0 Å². The second kappa shape index (κ2) is 6.56. The van der Waals surface area contributed by atoms with Crippen LogP contribution in [0.3, 0.4) is 0 Å². The zero-order valence-electron chi connectivity index (χ0n) is 11.5. The van der Waals surface area contributed by atoms with Gasteiger partial charge in [-0.3, -0.25) is 4.79 Å². The summed E-state index contributed by atoms with van der Waals surface area (Å²) in [6.45, 7) is 2.46. The second-order valence-corrected chi connectivity index (χ2v) is 4.10. The third-order valence-corrected chi connectivity index (χ3v) is 2.72. The van der Waals surface area contributed by atoms with Crippen molar-refractivity contribution in [1.29, 1.82) is 0 Å². The number of pyridine rings is 1. The van der Waals surface area contributed by atoms with Crippen LogP contribution in [0.1, 0.15) is 17.3 Å². The van der Waals surface area contributed by atoms with Crippen molar-refractivity contribution >= 4 is 17.3 Å². The number of benzene rings is 1. The summed E-state index contributed by atoms with van der Waals surface area (Å²) in [6, 6.07) is 10.7. The SMILES string of the molecule is CCOc1ccc(NC(=O)c2ccc(NC)cc2)cn1. The molecule has 0 aliphatic carbocycles. The van der Waals surface area contributed by atoms with Crippen LogP contribution in [0.4, 0.5) is 11.4 Å². The van der Waals surface area contributed by atoms with Crippen LogP contribution in [-0.2, 0) is 0 Å². The van der Waals surface area contributed by atoms with E-state index in [1.54, 1.807) is 30.5 Å². The molecule has 5 heteroatoms. The molecule has 2 rings (SSSR count). The van der Waals surface area contributed by atoms with E-state index in [9.17, 15) is 4.79 Å². The predicted octanol–water partition coefficient (Wildman–Crippen LogP) is 2.77. The zero-order valence-corrected chi connectivity index (χ0v) is 11.5. The third kappa shape index (κ3) is 3.47. The van der Waals surface area contributed by atoms with E-state index in [1.807, 2.05) is 26.1 Å². The molecule has 104 valence electrons. The van der Waals surface area contributed by atoms with Crippen molar-refractivity contribution in [2.45, 2.75) is 6.92 Å². The van der Waals surface area contributed by atoms with E-state index in [4.69, 9.17) is 4.74 Å². The quantitative estimate of drug-likeness (QED) is 0.877. The number of nitrogens with one attached hydrogen (secondary N) is 2. The highest BCUT2D eigenvalue weighted by molar-refractivity contribution is 6.04. The molecule has 0 spiro atoms. The summed E-state index contributed by atoms with van der Waals surface area (Å²) in [5.41, 5.74) is 2.19. The summed E-state index contributed by atoms with van der Waals surface area (Å²) < 4.78 is 5.25. The molecule has 2 N–H and O–H groups in total. The molecule has 0 bridgehead atoms. The Balaban J connectivity index is 2.02. The van der Waals surface area contributed by atoms with Gasteiger partial charge >= 0.3 is 0 Å². The molecule has 1 aromatic carbocycles. The molecular formula is C15H17N3O2. The van der Waals surface area contributed by atoms with Gasteiger partial charge in [-0.25, -0.2) is 4.98 Å². The number of rotatable bonds is 5. The van der Waals surface area contributed by atoms with E-state index < -0.39 is 0 Å². The van der Waals surface area contributed by atoms with E-state index in [2.05, 4.69) is 15.6 Å². The summed E-state index contributed by atoms with van der Waals surface area (Å²) in [5.74, 6) is 0.377. The van der Waals surface area contributed by atoms with Gasteiger partial charge in [0.1, 0.15) is 0 Å². The second-order valence-electron chi connectivity index (χ2n) is 4.10. The number of ether oxygens (including phenoxy) is 1. The highest BCUT2D eigenvalue weighted by atomic mass is 16.5. The lowest BCUT2D eigenvalue weighted by atomic mass is 10.2. The Bertz CT molecular complexity index is 565. The Morgan fingerprint density at radius 1 is 1.15 bits per heavy atom. The minimum absolute atomic E-state index is 0.168. The number of hydrogen-bond donors (Lipinski definition) is 2. The maximum atomic E-state index is 12.0. The predicted molar refractivity (Wildman–Crippen MR) is 79.3 cm³/mol. The monoisotopic (exact) mass is 271 g/mol. The Morgan fingerprint density at radius 3 is 2.40 bits per heavy atom. The Labute approximate surface area is 118 Å². The van der Waals surface area contributed by atoms with Gasteiger partial charge < -0.3 is 15.4 Å². The van der Waals surface area contributed by atoms with Gasteiger partial charge in [0.05, 0.1) is 18.5 Å². The van der Waals surface area contributed by atoms with Crippen molar-refractivity contribution in [3.63, 3.8) is 0 Å². The largest absolute Gasteiger partial charge is 0.478 e. The lowest BCUT2D eigenvalue weighted by Crippen LogP contribution is -2.12. The van der Waals surface area contributed by atoms with Crippen molar-refractivity contribution in [2.75, 3.05) is 24.3 Å². The fourth-order valence-corrected chi connectivity index (χ4v) is 1.68. The summed E-state index contributed by atoms with van der Waals surface area (Å²) in [7, 11) is 1.83. The van der Waals surface area contributed by atoms with Crippen molar-refractivity contribution in [3.05, 3.63) is 48.2 Å². The van der Waals surface area contributed by atoms with Crippen LogP contribution in [0, 0.1) is 0 Å². The number of nitrogens with zero attached hydrogens (tertiary/aromatic N) is 1. The van der Waals surface area contributed by atoms with E-state index in [0.717, 1.165) is 5.69 Å². The molecular weight excluding hydrogens is 254 g/mol. The first kappa shape index (κ1) is 13.9. The fourth-order valence-electron chi connectivity index (χ4n) is 1.68. The van der Waals surface area contributed by atoms with Crippen LogP contribution in [0.5, 0.6) is 5.88 Å². The average Bonchev–Trinajstić information content (AvgIpc) is 2.49. The maximum Gasteiger partial charge on any atom is 0.255 e. The molecule has 0 aliphatic heterocycles. The minimum Gasteiger partial charge on any atom is -0.478 e. The van der Waals surface area contributed by atoms with E-state index in [0.29, 0.717) is 23.7 Å². The standard InChI is InChI=1S/C15H17N3O2/c1-3-20-14-9-8-13(10-17-14)18-15(19)11-4-6-12(16-2)7-5-11/h4-10,16H,3H2,1-2H3,(H,18,19). The van der Waals surface area contributed by atoms with Crippen LogP contribution in [0.15, 0.2) is 42.6 Å². The van der Waals surface area contributed by atoms with E-state index in [-0.39, 0.29) is 5.91 Å². The van der Waals surface area contributed by atoms with Gasteiger partial charge in [-0.2, -0.15) is 0 Å². The van der Waals surface area contributed by atoms with E-state index in [1.165, 1.54) is 0 Å². The fraction of sp³-hybridized carbons (Fsp3) is 0.200. The number of hydrogen-bond acceptors (Lipinski definition) is 4. The molecule has 0 aliphatic rings. The summed E-state index contributed by atoms with van der Waals surface area (Å²) in [6.07, 6.45) is 1.57. The minimum atomic E-state index is -0.168. The smallest absolute Gasteiger partial charge is 0.255 e. The molecule has 0 saturated carbocycles. The maximum absolute atomic E-state index is 12.0. The van der Waals surface area contributed by atoms with Gasteiger partial charge in [-0.1, -0.05) is 0 Å². The van der Waals surface area contributed by atoms with Gasteiger partial charge in [-0.05, 0) is 37.3 Å². The van der Waals surface area contributed by atoms with Crippen molar-refractivity contribution < 1.29 is 9.53 Å². The topological polar surface area (TPSA) is 63.2 Å². The number of anilines is 2. The number of carbonyl (C=O) groups excluding carboxylic acids is 1. The lowest BCUT2D eigenvalue weighted by Gasteiger charge is -2.07. The van der Waals surface area contributed by atoms with Crippen molar-refractivity contribution in [3.8, 4) is 5.88 Å². The van der Waals surface area contributed by atoms with Crippen molar-refractivity contribution in [2.24, 2.45) is 0 Å². The molecule has 2 aromatic rings. The summed E-state index contributed by atoms with van der Waals surface area (Å²) in [5, 5.41) is 5.79. The van der Waals surface area contributed by atoms with Crippen LogP contribution >= 0.6 is 0 Å². The van der Waals surface area contributed by atoms with Crippen LogP contribution in [0.25, 0.3) is 0 Å². The molecule has 1 amide bonds. The van der Waals surface area contributed by atoms with Crippen LogP contribution in [0.2, 0.25) is 0 Å². The first-order chi connectivity index (χ1) is 9.72. The van der Waals surface area contributed by atoms with Crippen LogP contribution < -0.4 is 15.4 Å². The van der Waals surface area contributed by atoms with Gasteiger partial charge in [0, 0.05) is 24.4 Å².